The molecule has 2 unspecified atom stereocenters. The van der Waals surface area contributed by atoms with Gasteiger partial charge in [-0.3, -0.25) is 4.90 Å². The summed E-state index contributed by atoms with van der Waals surface area (Å²) >= 11 is 0. The SMILES string of the molecule is CC1CCCCC1OCCN1CCNC[C@@H]1C.Cl. The van der Waals surface area contributed by atoms with Crippen LogP contribution in [0.3, 0.4) is 0 Å². The first-order valence-electron chi connectivity index (χ1n) is 7.33. The minimum absolute atomic E-state index is 0. The Bertz CT molecular complexity index is 206. The van der Waals surface area contributed by atoms with Gasteiger partial charge in [-0.25, -0.2) is 0 Å². The molecule has 1 saturated heterocycles. The average molecular weight is 277 g/mol. The number of ether oxygens (including phenoxy) is 1. The first-order valence-corrected chi connectivity index (χ1v) is 7.33. The summed E-state index contributed by atoms with van der Waals surface area (Å²) in [4.78, 5) is 2.55. The van der Waals surface area contributed by atoms with Gasteiger partial charge in [0.05, 0.1) is 12.7 Å². The Morgan fingerprint density at radius 1 is 1.22 bits per heavy atom. The molecule has 1 saturated carbocycles. The third kappa shape index (κ3) is 4.69. The fourth-order valence-corrected chi connectivity index (χ4v) is 3.07. The van der Waals surface area contributed by atoms with E-state index in [-0.39, 0.29) is 12.4 Å². The Hall–Kier alpha value is 0.170. The van der Waals surface area contributed by atoms with Crippen molar-refractivity contribution in [3.05, 3.63) is 0 Å². The van der Waals surface area contributed by atoms with Gasteiger partial charge >= 0.3 is 0 Å². The molecule has 4 heteroatoms. The standard InChI is InChI=1S/C14H28N2O.ClH/c1-12-5-3-4-6-14(12)17-10-9-16-8-7-15-11-13(16)2;/h12-15H,3-11H2,1-2H3;1H/t12?,13-,14?;/m0./s1. The lowest BCUT2D eigenvalue weighted by Gasteiger charge is -2.35. The summed E-state index contributed by atoms with van der Waals surface area (Å²) < 4.78 is 6.08. The monoisotopic (exact) mass is 276 g/mol. The van der Waals surface area contributed by atoms with Crippen LogP contribution in [0.25, 0.3) is 0 Å². The van der Waals surface area contributed by atoms with Crippen molar-refractivity contribution >= 4 is 12.4 Å². The van der Waals surface area contributed by atoms with Crippen LogP contribution < -0.4 is 5.32 Å². The first-order chi connectivity index (χ1) is 8.27. The predicted octanol–water partition coefficient (Wildman–Crippen LogP) is 2.30. The molecular formula is C14H29ClN2O. The quantitative estimate of drug-likeness (QED) is 0.853. The van der Waals surface area contributed by atoms with Gasteiger partial charge in [0, 0.05) is 32.2 Å². The van der Waals surface area contributed by atoms with Gasteiger partial charge in [-0.1, -0.05) is 19.8 Å². The highest BCUT2D eigenvalue weighted by Crippen LogP contribution is 2.26. The molecule has 0 spiro atoms. The van der Waals surface area contributed by atoms with E-state index in [0.717, 1.165) is 32.2 Å². The Kier molecular flexibility index (Phi) is 7.54. The molecule has 108 valence electrons. The van der Waals surface area contributed by atoms with Gasteiger partial charge in [0.1, 0.15) is 0 Å². The van der Waals surface area contributed by atoms with Crippen LogP contribution in [-0.2, 0) is 4.74 Å². The van der Waals surface area contributed by atoms with Crippen molar-refractivity contribution < 1.29 is 4.74 Å². The maximum Gasteiger partial charge on any atom is 0.0601 e. The molecule has 1 aliphatic heterocycles. The lowest BCUT2D eigenvalue weighted by Crippen LogP contribution is -2.50. The number of hydrogen-bond donors (Lipinski definition) is 1. The molecule has 2 fully saturated rings. The Morgan fingerprint density at radius 2 is 2.00 bits per heavy atom. The summed E-state index contributed by atoms with van der Waals surface area (Å²) in [5, 5.41) is 3.43. The molecule has 0 bridgehead atoms. The van der Waals surface area contributed by atoms with Crippen LogP contribution in [-0.4, -0.2) is 49.8 Å². The molecule has 0 aromatic rings. The number of hydrogen-bond acceptors (Lipinski definition) is 3. The number of halogens is 1. The Morgan fingerprint density at radius 3 is 2.72 bits per heavy atom. The van der Waals surface area contributed by atoms with Gasteiger partial charge in [0.15, 0.2) is 0 Å². The van der Waals surface area contributed by atoms with E-state index in [0.29, 0.717) is 12.1 Å². The van der Waals surface area contributed by atoms with Gasteiger partial charge in [0.25, 0.3) is 0 Å². The largest absolute Gasteiger partial charge is 0.377 e. The zero-order valence-electron chi connectivity index (χ0n) is 11.9. The molecular weight excluding hydrogens is 248 g/mol. The smallest absolute Gasteiger partial charge is 0.0601 e. The zero-order chi connectivity index (χ0) is 12.1. The summed E-state index contributed by atoms with van der Waals surface area (Å²) in [6, 6.07) is 0.663. The van der Waals surface area contributed by atoms with Crippen molar-refractivity contribution in [2.45, 2.75) is 51.7 Å². The summed E-state index contributed by atoms with van der Waals surface area (Å²) in [6.45, 7) is 10.1. The Balaban J connectivity index is 0.00000162. The van der Waals surface area contributed by atoms with E-state index in [1.54, 1.807) is 0 Å². The number of nitrogens with zero attached hydrogens (tertiary/aromatic N) is 1. The van der Waals surface area contributed by atoms with Crippen molar-refractivity contribution in [3.8, 4) is 0 Å². The molecule has 0 aromatic carbocycles. The maximum atomic E-state index is 6.08. The topological polar surface area (TPSA) is 24.5 Å². The van der Waals surface area contributed by atoms with Crippen molar-refractivity contribution in [1.29, 1.82) is 0 Å². The number of nitrogens with one attached hydrogen (secondary N) is 1. The van der Waals surface area contributed by atoms with E-state index < -0.39 is 0 Å². The van der Waals surface area contributed by atoms with Gasteiger partial charge in [-0.2, -0.15) is 0 Å². The summed E-state index contributed by atoms with van der Waals surface area (Å²) in [5.74, 6) is 0.768. The van der Waals surface area contributed by atoms with Crippen LogP contribution in [0.2, 0.25) is 0 Å². The molecule has 18 heavy (non-hydrogen) atoms. The van der Waals surface area contributed by atoms with Crippen LogP contribution in [0.15, 0.2) is 0 Å². The van der Waals surface area contributed by atoms with Gasteiger partial charge in [-0.05, 0) is 25.7 Å². The highest BCUT2D eigenvalue weighted by molar-refractivity contribution is 5.85. The van der Waals surface area contributed by atoms with E-state index in [1.165, 1.54) is 32.2 Å². The first kappa shape index (κ1) is 16.2. The lowest BCUT2D eigenvalue weighted by atomic mass is 9.88. The highest BCUT2D eigenvalue weighted by atomic mass is 35.5. The van der Waals surface area contributed by atoms with Crippen LogP contribution >= 0.6 is 12.4 Å². The highest BCUT2D eigenvalue weighted by Gasteiger charge is 2.22. The van der Waals surface area contributed by atoms with E-state index in [4.69, 9.17) is 4.74 Å². The third-order valence-corrected chi connectivity index (χ3v) is 4.38. The molecule has 0 aromatic heterocycles. The van der Waals surface area contributed by atoms with Crippen molar-refractivity contribution in [3.63, 3.8) is 0 Å². The molecule has 2 rings (SSSR count). The summed E-state index contributed by atoms with van der Waals surface area (Å²) in [7, 11) is 0. The van der Waals surface area contributed by atoms with Crippen LogP contribution in [0, 0.1) is 5.92 Å². The average Bonchev–Trinajstić information content (AvgIpc) is 2.34. The normalized spacial score (nSPS) is 34.0. The Labute approximate surface area is 118 Å². The maximum absolute atomic E-state index is 6.08. The lowest BCUT2D eigenvalue weighted by molar-refractivity contribution is -0.0187. The van der Waals surface area contributed by atoms with Crippen LogP contribution in [0.1, 0.15) is 39.5 Å². The second kappa shape index (κ2) is 8.36. The van der Waals surface area contributed by atoms with Gasteiger partial charge in [0.2, 0.25) is 0 Å². The molecule has 3 atom stereocenters. The second-order valence-electron chi connectivity index (χ2n) is 5.76. The van der Waals surface area contributed by atoms with E-state index in [1.807, 2.05) is 0 Å². The molecule has 2 aliphatic rings. The minimum Gasteiger partial charge on any atom is -0.377 e. The fraction of sp³-hybridized carbons (Fsp3) is 1.00. The van der Waals surface area contributed by atoms with E-state index in [2.05, 4.69) is 24.1 Å². The molecule has 3 nitrogen and oxygen atoms in total. The third-order valence-electron chi connectivity index (χ3n) is 4.38. The predicted molar refractivity (Wildman–Crippen MR) is 78.5 cm³/mol. The molecule has 1 heterocycles. The minimum atomic E-state index is 0. The van der Waals surface area contributed by atoms with Crippen molar-refractivity contribution in [2.24, 2.45) is 5.92 Å². The van der Waals surface area contributed by atoms with E-state index >= 15 is 0 Å². The van der Waals surface area contributed by atoms with Gasteiger partial charge in [-0.15, -0.1) is 12.4 Å². The summed E-state index contributed by atoms with van der Waals surface area (Å²) in [5.41, 5.74) is 0. The summed E-state index contributed by atoms with van der Waals surface area (Å²) in [6.07, 6.45) is 5.92. The number of piperazine rings is 1. The molecule has 0 radical (unpaired) electrons. The molecule has 1 aliphatic carbocycles. The van der Waals surface area contributed by atoms with Crippen LogP contribution in [0.5, 0.6) is 0 Å². The molecule has 1 N–H and O–H groups in total. The van der Waals surface area contributed by atoms with E-state index in [9.17, 15) is 0 Å². The fourth-order valence-electron chi connectivity index (χ4n) is 3.07. The van der Waals surface area contributed by atoms with Crippen molar-refractivity contribution in [2.75, 3.05) is 32.8 Å². The van der Waals surface area contributed by atoms with Gasteiger partial charge < -0.3 is 10.1 Å². The number of rotatable bonds is 4. The zero-order valence-corrected chi connectivity index (χ0v) is 12.7. The molecule has 0 amide bonds. The van der Waals surface area contributed by atoms with Crippen molar-refractivity contribution in [1.82, 2.24) is 10.2 Å². The van der Waals surface area contributed by atoms with Crippen LogP contribution in [0.4, 0.5) is 0 Å². The second-order valence-corrected chi connectivity index (χ2v) is 5.76.